The molecule has 0 bridgehead atoms. The maximum absolute atomic E-state index is 5.74. The fourth-order valence-corrected chi connectivity index (χ4v) is 1.90. The number of hydrogen-bond acceptors (Lipinski definition) is 3. The molecule has 0 fully saturated rings. The van der Waals surface area contributed by atoms with Crippen molar-refractivity contribution in [2.45, 2.75) is 58.6 Å². The fraction of sp³-hybridized carbons (Fsp3) is 0.733. The zero-order valence-electron chi connectivity index (χ0n) is 12.4. The van der Waals surface area contributed by atoms with E-state index in [2.05, 4.69) is 32.2 Å². The van der Waals surface area contributed by atoms with Gasteiger partial charge in [-0.15, -0.1) is 0 Å². The molecule has 0 aromatic carbocycles. The van der Waals surface area contributed by atoms with Gasteiger partial charge in [-0.3, -0.25) is 0 Å². The highest BCUT2D eigenvalue weighted by Crippen LogP contribution is 2.25. The molecular weight excluding hydrogens is 226 g/mol. The van der Waals surface area contributed by atoms with Crippen molar-refractivity contribution < 1.29 is 9.15 Å². The first-order chi connectivity index (χ1) is 8.48. The van der Waals surface area contributed by atoms with Gasteiger partial charge in [0.15, 0.2) is 0 Å². The number of aryl methyl sites for hydroxylation is 1. The normalized spacial score (nSPS) is 13.8. The third-order valence-electron chi connectivity index (χ3n) is 3.33. The summed E-state index contributed by atoms with van der Waals surface area (Å²) in [7, 11) is 1.77. The van der Waals surface area contributed by atoms with E-state index in [1.165, 1.54) is 0 Å². The van der Waals surface area contributed by atoms with E-state index < -0.39 is 0 Å². The van der Waals surface area contributed by atoms with Crippen LogP contribution in [-0.4, -0.2) is 19.3 Å². The largest absolute Gasteiger partial charge is 0.465 e. The van der Waals surface area contributed by atoms with Crippen molar-refractivity contribution in [2.24, 2.45) is 0 Å². The van der Waals surface area contributed by atoms with E-state index in [-0.39, 0.29) is 11.6 Å². The Balaban J connectivity index is 2.61. The Labute approximate surface area is 111 Å². The predicted octanol–water partition coefficient (Wildman–Crippen LogP) is 3.83. The van der Waals surface area contributed by atoms with Crippen LogP contribution in [0.15, 0.2) is 16.5 Å². The topological polar surface area (TPSA) is 34.4 Å². The second kappa shape index (κ2) is 6.95. The van der Waals surface area contributed by atoms with E-state index in [1.54, 1.807) is 7.11 Å². The van der Waals surface area contributed by atoms with Gasteiger partial charge < -0.3 is 14.5 Å². The zero-order valence-corrected chi connectivity index (χ0v) is 12.4. The molecule has 0 amide bonds. The average Bonchev–Trinajstić information content (AvgIpc) is 2.76. The molecule has 1 atom stereocenters. The van der Waals surface area contributed by atoms with Crippen LogP contribution in [0.2, 0.25) is 0 Å². The van der Waals surface area contributed by atoms with Crippen molar-refractivity contribution in [1.29, 1.82) is 0 Å². The molecule has 0 saturated heterocycles. The lowest BCUT2D eigenvalue weighted by atomic mass is 9.97. The number of ether oxygens (including phenoxy) is 1. The van der Waals surface area contributed by atoms with Gasteiger partial charge in [-0.2, -0.15) is 0 Å². The average molecular weight is 253 g/mol. The molecule has 3 nitrogen and oxygen atoms in total. The summed E-state index contributed by atoms with van der Waals surface area (Å²) in [6, 6.07) is 4.38. The Kier molecular flexibility index (Phi) is 5.89. The summed E-state index contributed by atoms with van der Waals surface area (Å²) in [6.07, 6.45) is 3.16. The van der Waals surface area contributed by atoms with Crippen LogP contribution in [0, 0.1) is 6.92 Å². The molecule has 0 radical (unpaired) electrons. The molecule has 1 aromatic heterocycles. The molecular formula is C15H27NO2. The molecule has 1 heterocycles. The summed E-state index contributed by atoms with van der Waals surface area (Å²) in [5, 5.41) is 3.55. The van der Waals surface area contributed by atoms with E-state index >= 15 is 0 Å². The van der Waals surface area contributed by atoms with Gasteiger partial charge in [-0.05, 0) is 58.7 Å². The number of nitrogens with one attached hydrogen (secondary N) is 1. The van der Waals surface area contributed by atoms with Gasteiger partial charge in [-0.1, -0.05) is 6.92 Å². The highest BCUT2D eigenvalue weighted by molar-refractivity contribution is 5.09. The summed E-state index contributed by atoms with van der Waals surface area (Å²) >= 11 is 0. The van der Waals surface area contributed by atoms with Crippen molar-refractivity contribution in [1.82, 2.24) is 5.32 Å². The van der Waals surface area contributed by atoms with Crippen LogP contribution < -0.4 is 5.32 Å². The SMILES string of the molecule is CCCNC(CCC(C)(C)OC)c1ccc(C)o1. The maximum Gasteiger partial charge on any atom is 0.121 e. The second-order valence-electron chi connectivity index (χ2n) is 5.46. The van der Waals surface area contributed by atoms with Gasteiger partial charge in [0, 0.05) is 7.11 Å². The standard InChI is InChI=1S/C15H27NO2/c1-6-11-16-13(9-10-15(3,4)17-5)14-8-7-12(2)18-14/h7-8,13,16H,6,9-11H2,1-5H3. The summed E-state index contributed by atoms with van der Waals surface area (Å²) in [4.78, 5) is 0. The first-order valence-electron chi connectivity index (χ1n) is 6.83. The van der Waals surface area contributed by atoms with Crippen molar-refractivity contribution >= 4 is 0 Å². The number of rotatable bonds is 8. The lowest BCUT2D eigenvalue weighted by Gasteiger charge is -2.25. The molecule has 1 aromatic rings. The molecule has 0 aliphatic carbocycles. The molecule has 1 unspecified atom stereocenters. The Morgan fingerprint density at radius 3 is 2.61 bits per heavy atom. The first kappa shape index (κ1) is 15.3. The fourth-order valence-electron chi connectivity index (χ4n) is 1.90. The molecule has 104 valence electrons. The van der Waals surface area contributed by atoms with Crippen LogP contribution in [0.1, 0.15) is 57.6 Å². The van der Waals surface area contributed by atoms with Crippen LogP contribution in [0.5, 0.6) is 0 Å². The highest BCUT2D eigenvalue weighted by atomic mass is 16.5. The van der Waals surface area contributed by atoms with E-state index in [1.807, 2.05) is 13.0 Å². The van der Waals surface area contributed by atoms with Gasteiger partial charge in [-0.25, -0.2) is 0 Å². The molecule has 0 spiro atoms. The molecule has 3 heteroatoms. The number of methoxy groups -OCH3 is 1. The molecule has 1 rings (SSSR count). The van der Waals surface area contributed by atoms with Crippen molar-refractivity contribution in [3.63, 3.8) is 0 Å². The van der Waals surface area contributed by atoms with Crippen LogP contribution >= 0.6 is 0 Å². The summed E-state index contributed by atoms with van der Waals surface area (Å²) in [5.74, 6) is 2.01. The van der Waals surface area contributed by atoms with E-state index in [9.17, 15) is 0 Å². The summed E-state index contributed by atoms with van der Waals surface area (Å²) in [5.41, 5.74) is -0.0756. The minimum absolute atomic E-state index is 0.0756. The van der Waals surface area contributed by atoms with E-state index in [0.717, 1.165) is 37.3 Å². The first-order valence-corrected chi connectivity index (χ1v) is 6.83. The minimum atomic E-state index is -0.0756. The maximum atomic E-state index is 5.74. The smallest absolute Gasteiger partial charge is 0.121 e. The lowest BCUT2D eigenvalue weighted by molar-refractivity contribution is 0.0112. The molecule has 0 aliphatic heterocycles. The Hall–Kier alpha value is -0.800. The molecule has 1 N–H and O–H groups in total. The third-order valence-corrected chi connectivity index (χ3v) is 3.33. The van der Waals surface area contributed by atoms with E-state index in [4.69, 9.17) is 9.15 Å². The molecule has 0 aliphatic rings. The Morgan fingerprint density at radius 2 is 2.11 bits per heavy atom. The van der Waals surface area contributed by atoms with Gasteiger partial charge in [0.05, 0.1) is 11.6 Å². The number of furan rings is 1. The second-order valence-corrected chi connectivity index (χ2v) is 5.46. The lowest BCUT2D eigenvalue weighted by Crippen LogP contribution is -2.27. The Morgan fingerprint density at radius 1 is 1.39 bits per heavy atom. The van der Waals surface area contributed by atoms with E-state index in [0.29, 0.717) is 0 Å². The van der Waals surface area contributed by atoms with Gasteiger partial charge >= 0.3 is 0 Å². The molecule has 18 heavy (non-hydrogen) atoms. The van der Waals surface area contributed by atoms with Crippen LogP contribution in [0.4, 0.5) is 0 Å². The quantitative estimate of drug-likeness (QED) is 0.764. The monoisotopic (exact) mass is 253 g/mol. The highest BCUT2D eigenvalue weighted by Gasteiger charge is 2.21. The van der Waals surface area contributed by atoms with Crippen LogP contribution in [0.25, 0.3) is 0 Å². The van der Waals surface area contributed by atoms with Gasteiger partial charge in [0.2, 0.25) is 0 Å². The van der Waals surface area contributed by atoms with Crippen molar-refractivity contribution in [3.8, 4) is 0 Å². The van der Waals surface area contributed by atoms with Crippen molar-refractivity contribution in [3.05, 3.63) is 23.7 Å². The Bertz CT molecular complexity index is 344. The molecule has 0 saturated carbocycles. The van der Waals surface area contributed by atoms with Gasteiger partial charge in [0.1, 0.15) is 11.5 Å². The number of hydrogen-bond donors (Lipinski definition) is 1. The van der Waals surface area contributed by atoms with Gasteiger partial charge in [0.25, 0.3) is 0 Å². The zero-order chi connectivity index (χ0) is 13.6. The summed E-state index contributed by atoms with van der Waals surface area (Å²) < 4.78 is 11.2. The van der Waals surface area contributed by atoms with Crippen LogP contribution in [0.3, 0.4) is 0 Å². The third kappa shape index (κ3) is 4.83. The summed E-state index contributed by atoms with van der Waals surface area (Å²) in [6.45, 7) is 9.42. The predicted molar refractivity (Wildman–Crippen MR) is 74.8 cm³/mol. The minimum Gasteiger partial charge on any atom is -0.465 e. The van der Waals surface area contributed by atoms with Crippen LogP contribution in [-0.2, 0) is 4.74 Å². The van der Waals surface area contributed by atoms with Crippen molar-refractivity contribution in [2.75, 3.05) is 13.7 Å².